The second-order valence-electron chi connectivity index (χ2n) is 7.06. The molecule has 130 valence electrons. The van der Waals surface area contributed by atoms with Gasteiger partial charge in [-0.25, -0.2) is 0 Å². The van der Waals surface area contributed by atoms with Crippen LogP contribution in [0.15, 0.2) is 0 Å². The van der Waals surface area contributed by atoms with E-state index in [2.05, 4.69) is 0 Å². The van der Waals surface area contributed by atoms with Gasteiger partial charge in [-0.2, -0.15) is 0 Å². The first-order valence-electron chi connectivity index (χ1n) is 8.31. The molecule has 0 aromatic rings. The van der Waals surface area contributed by atoms with Crippen molar-refractivity contribution >= 4 is 0 Å². The Hall–Kier alpha value is -0.240. The lowest BCUT2D eigenvalue weighted by molar-refractivity contribution is -0.309. The third kappa shape index (κ3) is 3.32. The van der Waals surface area contributed by atoms with Crippen molar-refractivity contribution < 1.29 is 29.9 Å². The van der Waals surface area contributed by atoms with Crippen LogP contribution in [0.25, 0.3) is 0 Å². The third-order valence-corrected chi connectivity index (χ3v) is 5.28. The van der Waals surface area contributed by atoms with Gasteiger partial charge in [0.05, 0.1) is 24.4 Å². The van der Waals surface area contributed by atoms with Crippen molar-refractivity contribution in [3.8, 4) is 0 Å². The molecular formula is C16H30O6. The maximum Gasteiger partial charge on any atom is 0.163 e. The number of ether oxygens (including phenoxy) is 2. The summed E-state index contributed by atoms with van der Waals surface area (Å²) in [6.45, 7) is 7.51. The fraction of sp³-hybridized carbons (Fsp3) is 1.00. The van der Waals surface area contributed by atoms with Gasteiger partial charge in [0.1, 0.15) is 12.2 Å². The average Bonchev–Trinajstić information content (AvgIpc) is 2.49. The zero-order valence-electron chi connectivity index (χ0n) is 13.8. The Morgan fingerprint density at radius 1 is 0.909 bits per heavy atom. The van der Waals surface area contributed by atoms with Crippen LogP contribution < -0.4 is 0 Å². The van der Waals surface area contributed by atoms with Crippen molar-refractivity contribution in [2.24, 2.45) is 17.8 Å². The maximum atomic E-state index is 10.3. The summed E-state index contributed by atoms with van der Waals surface area (Å²) < 4.78 is 11.7. The summed E-state index contributed by atoms with van der Waals surface area (Å²) in [4.78, 5) is 0. The molecule has 2 rings (SSSR count). The van der Waals surface area contributed by atoms with Gasteiger partial charge >= 0.3 is 0 Å². The van der Waals surface area contributed by atoms with E-state index in [0.717, 1.165) is 6.42 Å². The summed E-state index contributed by atoms with van der Waals surface area (Å²) in [5, 5.41) is 40.5. The van der Waals surface area contributed by atoms with Gasteiger partial charge in [0.25, 0.3) is 0 Å². The van der Waals surface area contributed by atoms with E-state index in [1.807, 2.05) is 20.8 Å². The van der Waals surface area contributed by atoms with E-state index < -0.39 is 48.8 Å². The fourth-order valence-corrected chi connectivity index (χ4v) is 3.66. The molecule has 22 heavy (non-hydrogen) atoms. The largest absolute Gasteiger partial charge is 0.390 e. The van der Waals surface area contributed by atoms with E-state index in [1.54, 1.807) is 6.92 Å². The molecule has 10 atom stereocenters. The minimum absolute atomic E-state index is 0.0188. The Balaban J connectivity index is 2.08. The Morgan fingerprint density at radius 3 is 2.14 bits per heavy atom. The first-order chi connectivity index (χ1) is 10.3. The molecule has 4 N–H and O–H groups in total. The van der Waals surface area contributed by atoms with Crippen LogP contribution in [0.3, 0.4) is 0 Å². The fourth-order valence-electron chi connectivity index (χ4n) is 3.66. The van der Waals surface area contributed by atoms with Crippen LogP contribution in [0.2, 0.25) is 0 Å². The molecule has 0 aromatic carbocycles. The zero-order chi connectivity index (χ0) is 16.6. The molecule has 0 aromatic heterocycles. The molecule has 2 aliphatic rings. The van der Waals surface area contributed by atoms with Gasteiger partial charge in [0.15, 0.2) is 6.29 Å². The topological polar surface area (TPSA) is 99.4 Å². The molecule has 1 heterocycles. The smallest absolute Gasteiger partial charge is 0.163 e. The molecule has 0 bridgehead atoms. The van der Waals surface area contributed by atoms with E-state index in [4.69, 9.17) is 9.47 Å². The Kier molecular flexibility index (Phi) is 5.85. The summed E-state index contributed by atoms with van der Waals surface area (Å²) in [6.07, 6.45) is -4.07. The first kappa shape index (κ1) is 18.1. The molecule has 0 spiro atoms. The van der Waals surface area contributed by atoms with Gasteiger partial charge in [-0.05, 0) is 24.7 Å². The van der Waals surface area contributed by atoms with Gasteiger partial charge < -0.3 is 29.9 Å². The summed E-state index contributed by atoms with van der Waals surface area (Å²) in [6, 6.07) is 0. The summed E-state index contributed by atoms with van der Waals surface area (Å²) >= 11 is 0. The molecule has 1 aliphatic heterocycles. The molecule has 2 fully saturated rings. The van der Waals surface area contributed by atoms with E-state index in [-0.39, 0.29) is 11.8 Å². The number of hydrogen-bond acceptors (Lipinski definition) is 6. The highest BCUT2D eigenvalue weighted by molar-refractivity contribution is 4.92. The minimum Gasteiger partial charge on any atom is -0.390 e. The van der Waals surface area contributed by atoms with E-state index >= 15 is 0 Å². The van der Waals surface area contributed by atoms with Crippen LogP contribution in [0.1, 0.15) is 40.5 Å². The number of rotatable bonds is 3. The predicted molar refractivity (Wildman–Crippen MR) is 80.0 cm³/mol. The first-order valence-corrected chi connectivity index (χ1v) is 8.31. The van der Waals surface area contributed by atoms with Gasteiger partial charge in [-0.15, -0.1) is 0 Å². The van der Waals surface area contributed by atoms with Crippen molar-refractivity contribution in [1.29, 1.82) is 0 Å². The Labute approximate surface area is 132 Å². The van der Waals surface area contributed by atoms with E-state index in [0.29, 0.717) is 6.42 Å². The maximum absolute atomic E-state index is 10.3. The standard InChI is InChI=1S/C16H30O6/c1-5-10-13(19)12(18)9(4)16(21-10)22-15-8(3)6-7(2)11(17)14(15)20/h7-20H,5-6H2,1-4H3. The molecule has 0 amide bonds. The van der Waals surface area contributed by atoms with Crippen LogP contribution in [0, 0.1) is 17.8 Å². The Bertz CT molecular complexity index is 363. The molecule has 10 unspecified atom stereocenters. The van der Waals surface area contributed by atoms with Crippen LogP contribution in [-0.2, 0) is 9.47 Å². The lowest BCUT2D eigenvalue weighted by Gasteiger charge is -2.46. The quantitative estimate of drug-likeness (QED) is 0.596. The summed E-state index contributed by atoms with van der Waals surface area (Å²) in [7, 11) is 0. The lowest BCUT2D eigenvalue weighted by Crippen LogP contribution is -2.58. The second kappa shape index (κ2) is 7.11. The normalized spacial score (nSPS) is 53.5. The van der Waals surface area contributed by atoms with Gasteiger partial charge in [-0.3, -0.25) is 0 Å². The van der Waals surface area contributed by atoms with Crippen molar-refractivity contribution in [3.63, 3.8) is 0 Å². The highest BCUT2D eigenvalue weighted by Crippen LogP contribution is 2.35. The monoisotopic (exact) mass is 318 g/mol. The molecule has 0 radical (unpaired) electrons. The van der Waals surface area contributed by atoms with Crippen LogP contribution in [-0.4, -0.2) is 63.3 Å². The van der Waals surface area contributed by atoms with E-state index in [9.17, 15) is 20.4 Å². The SMILES string of the molecule is CCC1OC(OC2C(C)CC(C)C(O)C2O)C(C)C(O)C1O. The molecule has 1 saturated carbocycles. The van der Waals surface area contributed by atoms with Gasteiger partial charge in [0.2, 0.25) is 0 Å². The highest BCUT2D eigenvalue weighted by atomic mass is 16.7. The van der Waals surface area contributed by atoms with Crippen molar-refractivity contribution in [3.05, 3.63) is 0 Å². The highest BCUT2D eigenvalue weighted by Gasteiger charge is 2.46. The summed E-state index contributed by atoms with van der Waals surface area (Å²) in [5.74, 6) is -0.313. The van der Waals surface area contributed by atoms with Crippen LogP contribution >= 0.6 is 0 Å². The number of aliphatic hydroxyl groups is 4. The number of hydrogen-bond donors (Lipinski definition) is 4. The molecular weight excluding hydrogens is 288 g/mol. The number of aliphatic hydroxyl groups excluding tert-OH is 4. The molecule has 6 heteroatoms. The predicted octanol–water partition coefficient (Wildman–Crippen LogP) is 0.262. The van der Waals surface area contributed by atoms with Crippen LogP contribution in [0.5, 0.6) is 0 Å². The third-order valence-electron chi connectivity index (χ3n) is 5.28. The van der Waals surface area contributed by atoms with Crippen LogP contribution in [0.4, 0.5) is 0 Å². The average molecular weight is 318 g/mol. The van der Waals surface area contributed by atoms with Crippen molar-refractivity contribution in [2.45, 2.75) is 83.5 Å². The lowest BCUT2D eigenvalue weighted by atomic mass is 9.77. The molecule has 1 saturated heterocycles. The van der Waals surface area contributed by atoms with Crippen molar-refractivity contribution in [1.82, 2.24) is 0 Å². The Morgan fingerprint density at radius 2 is 1.55 bits per heavy atom. The summed E-state index contributed by atoms with van der Waals surface area (Å²) in [5.41, 5.74) is 0. The van der Waals surface area contributed by atoms with Crippen molar-refractivity contribution in [2.75, 3.05) is 0 Å². The van der Waals surface area contributed by atoms with E-state index in [1.165, 1.54) is 0 Å². The second-order valence-corrected chi connectivity index (χ2v) is 7.06. The zero-order valence-corrected chi connectivity index (χ0v) is 13.8. The van der Waals surface area contributed by atoms with Gasteiger partial charge in [-0.1, -0.05) is 27.7 Å². The minimum atomic E-state index is -0.974. The van der Waals surface area contributed by atoms with Gasteiger partial charge in [0, 0.05) is 5.92 Å². The molecule has 1 aliphatic carbocycles. The molecule has 6 nitrogen and oxygen atoms in total.